The lowest BCUT2D eigenvalue weighted by atomic mass is 9.96. The first-order valence-corrected chi connectivity index (χ1v) is 9.80. The molecule has 1 atom stereocenters. The molecule has 1 unspecified atom stereocenters. The van der Waals surface area contributed by atoms with E-state index in [9.17, 15) is 0 Å². The van der Waals surface area contributed by atoms with Crippen molar-refractivity contribution in [3.05, 3.63) is 48.5 Å². The Labute approximate surface area is 173 Å². The van der Waals surface area contributed by atoms with E-state index in [0.717, 1.165) is 43.4 Å². The molecule has 1 N–H and O–H groups in total. The van der Waals surface area contributed by atoms with Crippen LogP contribution in [0.1, 0.15) is 12.8 Å². The molecule has 0 bridgehead atoms. The minimum atomic E-state index is 0. The summed E-state index contributed by atoms with van der Waals surface area (Å²) in [6.07, 6.45) is 2.49. The van der Waals surface area contributed by atoms with Crippen molar-refractivity contribution in [2.24, 2.45) is 5.92 Å². The molecule has 0 aliphatic carbocycles. The van der Waals surface area contributed by atoms with Crippen LogP contribution in [-0.2, 0) is 0 Å². The highest BCUT2D eigenvalue weighted by molar-refractivity contribution is 5.85. The highest BCUT2D eigenvalue weighted by Crippen LogP contribution is 2.31. The van der Waals surface area contributed by atoms with Gasteiger partial charge in [-0.1, -0.05) is 18.2 Å². The molecule has 0 aromatic heterocycles. The largest absolute Gasteiger partial charge is 0.497 e. The van der Waals surface area contributed by atoms with Gasteiger partial charge in [0.1, 0.15) is 18.5 Å². The maximum absolute atomic E-state index is 6.01. The Balaban J connectivity index is 0.00000225. The Kier molecular flexibility index (Phi) is 7.29. The molecule has 2 aliphatic heterocycles. The van der Waals surface area contributed by atoms with E-state index in [1.54, 1.807) is 7.11 Å². The molecule has 152 valence electrons. The molecule has 0 spiro atoms. The molecule has 0 radical (unpaired) electrons. The van der Waals surface area contributed by atoms with E-state index in [2.05, 4.69) is 28.4 Å². The van der Waals surface area contributed by atoms with Gasteiger partial charge in [0.25, 0.3) is 0 Å². The van der Waals surface area contributed by atoms with Gasteiger partial charge < -0.3 is 24.4 Å². The fourth-order valence-corrected chi connectivity index (χ4v) is 3.81. The lowest BCUT2D eigenvalue weighted by molar-refractivity contribution is 0.0894. The summed E-state index contributed by atoms with van der Waals surface area (Å²) in [5, 5.41) is 3.58. The number of benzene rings is 2. The molecule has 1 fully saturated rings. The third-order valence-electron chi connectivity index (χ3n) is 5.41. The highest BCUT2D eigenvalue weighted by Gasteiger charge is 2.22. The number of piperidine rings is 1. The molecule has 4 rings (SSSR count). The number of nitrogens with zero attached hydrogens (tertiary/aromatic N) is 1. The number of nitrogens with one attached hydrogen (secondary N) is 1. The summed E-state index contributed by atoms with van der Waals surface area (Å²) in [5.41, 5.74) is 1.26. The number of halogens is 1. The van der Waals surface area contributed by atoms with Gasteiger partial charge in [-0.2, -0.15) is 0 Å². The number of anilines is 1. The molecule has 2 heterocycles. The van der Waals surface area contributed by atoms with Crippen LogP contribution in [0.4, 0.5) is 5.69 Å². The third kappa shape index (κ3) is 5.03. The van der Waals surface area contributed by atoms with E-state index in [0.29, 0.717) is 12.5 Å². The van der Waals surface area contributed by atoms with Crippen molar-refractivity contribution in [3.8, 4) is 17.2 Å². The normalized spacial score (nSPS) is 19.0. The predicted molar refractivity (Wildman–Crippen MR) is 114 cm³/mol. The Bertz CT molecular complexity index is 750. The van der Waals surface area contributed by atoms with Crippen molar-refractivity contribution in [3.63, 3.8) is 0 Å². The van der Waals surface area contributed by atoms with Gasteiger partial charge in [0.15, 0.2) is 11.5 Å². The van der Waals surface area contributed by atoms with Crippen LogP contribution in [-0.4, -0.2) is 46.0 Å². The van der Waals surface area contributed by atoms with Gasteiger partial charge >= 0.3 is 0 Å². The van der Waals surface area contributed by atoms with Gasteiger partial charge in [0.05, 0.1) is 7.11 Å². The molecule has 28 heavy (non-hydrogen) atoms. The maximum atomic E-state index is 6.01. The second-order valence-electron chi connectivity index (χ2n) is 7.29. The van der Waals surface area contributed by atoms with Crippen molar-refractivity contribution < 1.29 is 14.2 Å². The van der Waals surface area contributed by atoms with E-state index in [1.807, 2.05) is 30.3 Å². The smallest absolute Gasteiger partial charge is 0.161 e. The Morgan fingerprint density at radius 3 is 2.61 bits per heavy atom. The Morgan fingerprint density at radius 1 is 1.04 bits per heavy atom. The number of ether oxygens (including phenoxy) is 3. The molecular weight excluding hydrogens is 376 g/mol. The van der Waals surface area contributed by atoms with Crippen molar-refractivity contribution >= 4 is 18.1 Å². The zero-order chi connectivity index (χ0) is 18.5. The number of hydrogen-bond donors (Lipinski definition) is 1. The SMILES string of the molecule is COc1cccc(N2CCC(CNCC3COc4ccccc4O3)CC2)c1.Cl. The first kappa shape index (κ1) is 20.6. The summed E-state index contributed by atoms with van der Waals surface area (Å²) >= 11 is 0. The summed E-state index contributed by atoms with van der Waals surface area (Å²) in [7, 11) is 1.72. The molecule has 2 aliphatic rings. The zero-order valence-corrected chi connectivity index (χ0v) is 17.1. The van der Waals surface area contributed by atoms with Gasteiger partial charge in [0.2, 0.25) is 0 Å². The van der Waals surface area contributed by atoms with Gasteiger partial charge in [-0.3, -0.25) is 0 Å². The Morgan fingerprint density at radius 2 is 1.82 bits per heavy atom. The number of rotatable bonds is 6. The van der Waals surface area contributed by atoms with Gasteiger partial charge in [-0.05, 0) is 49.6 Å². The lowest BCUT2D eigenvalue weighted by Gasteiger charge is -2.34. The van der Waals surface area contributed by atoms with Crippen LogP contribution < -0.4 is 24.4 Å². The molecule has 2 aromatic rings. The fourth-order valence-electron chi connectivity index (χ4n) is 3.81. The van der Waals surface area contributed by atoms with Crippen molar-refractivity contribution in [2.75, 3.05) is 44.8 Å². The van der Waals surface area contributed by atoms with E-state index < -0.39 is 0 Å². The first-order chi connectivity index (χ1) is 13.3. The molecule has 6 heteroatoms. The van der Waals surface area contributed by atoms with Crippen LogP contribution in [0.5, 0.6) is 17.2 Å². The summed E-state index contributed by atoms with van der Waals surface area (Å²) < 4.78 is 17.1. The summed E-state index contributed by atoms with van der Waals surface area (Å²) in [5.74, 6) is 3.33. The summed E-state index contributed by atoms with van der Waals surface area (Å²) in [6.45, 7) is 4.65. The van der Waals surface area contributed by atoms with E-state index in [-0.39, 0.29) is 18.5 Å². The number of methoxy groups -OCH3 is 1. The standard InChI is InChI=1S/C22H28N2O3.ClH/c1-25-19-6-4-5-18(13-19)24-11-9-17(10-12-24)14-23-15-20-16-26-21-7-2-3-8-22(21)27-20;/h2-8,13,17,20,23H,9-12,14-16H2,1H3;1H. The van der Waals surface area contributed by atoms with Crippen LogP contribution in [0.25, 0.3) is 0 Å². The minimum Gasteiger partial charge on any atom is -0.497 e. The summed E-state index contributed by atoms with van der Waals surface area (Å²) in [4.78, 5) is 2.45. The molecule has 0 amide bonds. The maximum Gasteiger partial charge on any atom is 0.161 e. The average Bonchev–Trinajstić information content (AvgIpc) is 2.74. The van der Waals surface area contributed by atoms with E-state index in [4.69, 9.17) is 14.2 Å². The molecule has 0 saturated carbocycles. The summed E-state index contributed by atoms with van der Waals surface area (Å²) in [6, 6.07) is 16.2. The van der Waals surface area contributed by atoms with Gasteiger partial charge in [-0.25, -0.2) is 0 Å². The van der Waals surface area contributed by atoms with Gasteiger partial charge in [0, 0.05) is 31.4 Å². The number of fused-ring (bicyclic) bond motifs is 1. The van der Waals surface area contributed by atoms with Crippen LogP contribution in [0.2, 0.25) is 0 Å². The zero-order valence-electron chi connectivity index (χ0n) is 16.3. The van der Waals surface area contributed by atoms with Crippen LogP contribution in [0.3, 0.4) is 0 Å². The molecule has 5 nitrogen and oxygen atoms in total. The highest BCUT2D eigenvalue weighted by atomic mass is 35.5. The number of hydrogen-bond acceptors (Lipinski definition) is 5. The first-order valence-electron chi connectivity index (χ1n) is 9.80. The molecule has 1 saturated heterocycles. The van der Waals surface area contributed by atoms with Crippen molar-refractivity contribution in [1.29, 1.82) is 0 Å². The lowest BCUT2D eigenvalue weighted by Crippen LogP contribution is -2.42. The fraction of sp³-hybridized carbons (Fsp3) is 0.455. The Hall–Kier alpha value is -2.11. The molecular formula is C22H29ClN2O3. The quantitative estimate of drug-likeness (QED) is 0.794. The van der Waals surface area contributed by atoms with Crippen molar-refractivity contribution in [2.45, 2.75) is 18.9 Å². The number of para-hydroxylation sites is 2. The topological polar surface area (TPSA) is 43.0 Å². The third-order valence-corrected chi connectivity index (χ3v) is 5.41. The average molecular weight is 405 g/mol. The van der Waals surface area contributed by atoms with Crippen LogP contribution in [0.15, 0.2) is 48.5 Å². The predicted octanol–water partition coefficient (Wildman–Crippen LogP) is 3.76. The van der Waals surface area contributed by atoms with Crippen molar-refractivity contribution in [1.82, 2.24) is 5.32 Å². The van der Waals surface area contributed by atoms with Gasteiger partial charge in [-0.15, -0.1) is 12.4 Å². The minimum absolute atomic E-state index is 0. The second kappa shape index (κ2) is 9.89. The molecule has 2 aromatic carbocycles. The van der Waals surface area contributed by atoms with E-state index in [1.165, 1.54) is 18.5 Å². The second-order valence-corrected chi connectivity index (χ2v) is 7.29. The van der Waals surface area contributed by atoms with E-state index >= 15 is 0 Å². The van der Waals surface area contributed by atoms with Crippen LogP contribution >= 0.6 is 12.4 Å². The van der Waals surface area contributed by atoms with Crippen LogP contribution in [0, 0.1) is 5.92 Å². The monoisotopic (exact) mass is 404 g/mol.